The second-order valence-corrected chi connectivity index (χ2v) is 0. The molecule has 0 bridgehead atoms. The summed E-state index contributed by atoms with van der Waals surface area (Å²) in [5.74, 6) is 0. The van der Waals surface area contributed by atoms with Crippen LogP contribution in [0, 0.1) is 0 Å². The molecule has 0 aromatic heterocycles. The van der Waals surface area contributed by atoms with Gasteiger partial charge in [-0.2, -0.15) is 0 Å². The molecule has 0 amide bonds. The molecule has 0 aromatic carbocycles. The molecule has 0 saturated carbocycles. The first-order valence-electron chi connectivity index (χ1n) is 0. The Balaban J connectivity index is 0. The average Bonchev–Trinajstić information content (AvgIpc) is 0. The van der Waals surface area contributed by atoms with Crippen LogP contribution in [0.4, 0.5) is 0 Å². The summed E-state index contributed by atoms with van der Waals surface area (Å²) >= 11 is 0. The first kappa shape index (κ1) is 3330. The number of hydrogen-bond donors (Lipinski definition) is 0. The van der Waals surface area contributed by atoms with E-state index in [1.807, 2.05) is 0 Å². The van der Waals surface area contributed by atoms with Crippen molar-refractivity contribution in [2.45, 2.75) is 0 Å². The van der Waals surface area contributed by atoms with Crippen LogP contribution in [0.25, 0.3) is 0 Å². The summed E-state index contributed by atoms with van der Waals surface area (Å²) in [6.45, 7) is 0. The Morgan fingerprint density at radius 2 is 0.250 bits per heavy atom. The Morgan fingerprint density at radius 3 is 0.250 bits per heavy atom. The summed E-state index contributed by atoms with van der Waals surface area (Å²) in [6, 6.07) is 0. The molecule has 1 radical (unpaired) electrons. The van der Waals surface area contributed by atoms with Crippen LogP contribution in [-0.4, -0.2) is 38.3 Å². The molecule has 0 rings (SSSR count). The summed E-state index contributed by atoms with van der Waals surface area (Å²) in [5, 5.41) is 0. The normalized spacial score (nSPS) is 0. The first-order valence-corrected chi connectivity index (χ1v) is 0. The fourth-order valence-corrected chi connectivity index (χ4v) is 0. The van der Waals surface area contributed by atoms with E-state index < -0.39 is 0 Å². The summed E-state index contributed by atoms with van der Waals surface area (Å²) in [6.07, 6.45) is 0. The van der Waals surface area contributed by atoms with Gasteiger partial charge in [-0.05, 0) is 0 Å². The Morgan fingerprint density at radius 1 is 0.250 bits per heavy atom. The summed E-state index contributed by atoms with van der Waals surface area (Å²) in [5.41, 5.74) is 0. The molecule has 0 saturated heterocycles. The van der Waals surface area contributed by atoms with Gasteiger partial charge >= 0.3 is 0 Å². The predicted molar refractivity (Wildman–Crippen MR) is 25.3 cm³/mol. The fourth-order valence-electron chi connectivity index (χ4n) is 0. The van der Waals surface area contributed by atoms with Crippen LogP contribution in [0.5, 0.6) is 0 Å². The van der Waals surface area contributed by atoms with Crippen LogP contribution in [0.1, 0.15) is 0 Å². The Labute approximate surface area is 59.2 Å². The maximum atomic E-state index is 0. The van der Waals surface area contributed by atoms with E-state index in [9.17, 15) is 0 Å². The van der Waals surface area contributed by atoms with E-state index in [4.69, 9.17) is 0 Å². The van der Waals surface area contributed by atoms with E-state index in [1.54, 1.807) is 0 Å². The van der Waals surface area contributed by atoms with Gasteiger partial charge in [-0.15, -0.1) is 0 Å². The van der Waals surface area contributed by atoms with Gasteiger partial charge in [0.05, 0.1) is 0 Å². The molecular weight excluding hydrogens is 210 g/mol. The molecule has 63 valence electrons. The van der Waals surface area contributed by atoms with Gasteiger partial charge in [0.15, 0.2) is 0 Å². The van der Waals surface area contributed by atoms with Crippen LogP contribution in [0.15, 0.2) is 0 Å². The van der Waals surface area contributed by atoms with Crippen molar-refractivity contribution in [3.8, 4) is 0 Å². The predicted octanol–water partition coefficient (Wildman–Crippen LogP) is -5.78. The summed E-state index contributed by atoms with van der Waals surface area (Å²) in [7, 11) is 0. The van der Waals surface area contributed by atoms with Gasteiger partial charge in [0.2, 0.25) is 0 Å². The molecule has 0 spiro atoms. The smallest absolute Gasteiger partial charge is 0 e. The van der Waals surface area contributed by atoms with Crippen LogP contribution < -0.4 is 0 Å². The van der Waals surface area contributed by atoms with Crippen molar-refractivity contribution >= 4 is 0 Å². The molecule has 7 nitrogen and oxygen atoms in total. The van der Waals surface area contributed by atoms with Crippen molar-refractivity contribution in [3.63, 3.8) is 0 Å². The maximum absolute atomic E-state index is 0. The van der Waals surface area contributed by atoms with Crippen LogP contribution >= 0.6 is 0 Å². The molecule has 0 unspecified atom stereocenters. The van der Waals surface area contributed by atoms with Crippen LogP contribution in [0.2, 0.25) is 0 Å². The molecule has 0 atom stereocenters. The van der Waals surface area contributed by atoms with Gasteiger partial charge < -0.3 is 38.3 Å². The van der Waals surface area contributed by atoms with Gasteiger partial charge in [0, 0.05) is 20.1 Å². The molecule has 0 aromatic rings. The van der Waals surface area contributed by atoms with Crippen LogP contribution in [-0.2, 0) is 20.1 Å². The third-order valence-corrected chi connectivity index (χ3v) is 0. The zero-order valence-electron chi connectivity index (χ0n) is 3.88. The second kappa shape index (κ2) is 2190. The van der Waals surface area contributed by atoms with E-state index in [2.05, 4.69) is 0 Å². The Kier molecular flexibility index (Phi) is 913000. The molecule has 0 aliphatic carbocycles. The SMILES string of the molecule is O.O.O.O.O.O.O.[Tc]. The van der Waals surface area contributed by atoms with Crippen molar-refractivity contribution < 1.29 is 58.4 Å². The van der Waals surface area contributed by atoms with Crippen molar-refractivity contribution in [2.24, 2.45) is 0 Å². The molecule has 0 heterocycles. The summed E-state index contributed by atoms with van der Waals surface area (Å²) < 4.78 is 0. The second-order valence-electron chi connectivity index (χ2n) is 0. The molecule has 8 heteroatoms. The Bertz CT molecular complexity index is 4.35. The van der Waals surface area contributed by atoms with E-state index >= 15 is 0 Å². The van der Waals surface area contributed by atoms with Gasteiger partial charge in [-0.1, -0.05) is 0 Å². The van der Waals surface area contributed by atoms with Crippen molar-refractivity contribution in [1.82, 2.24) is 0 Å². The van der Waals surface area contributed by atoms with E-state index in [0.29, 0.717) is 0 Å². The maximum Gasteiger partial charge on any atom is 0 e. The molecule has 0 fully saturated rings. The molecule has 14 N–H and O–H groups in total. The Hall–Kier alpha value is 0.369. The standard InChI is InChI=1S/7H2O.Tc/h7*1H2;. The first-order chi connectivity index (χ1) is 0. The van der Waals surface area contributed by atoms with E-state index in [1.165, 1.54) is 0 Å². The van der Waals surface area contributed by atoms with Gasteiger partial charge in [0.1, 0.15) is 0 Å². The zero-order valence-corrected chi connectivity index (χ0v) is 5.74. The largest absolute Gasteiger partial charge is 0.412 e. The third-order valence-electron chi connectivity index (χ3n) is 0. The molecular formula is H14O7Tc. The quantitative estimate of drug-likeness (QED) is 0.375. The third kappa shape index (κ3) is 1350. The minimum absolute atomic E-state index is 0. The van der Waals surface area contributed by atoms with Gasteiger partial charge in [-0.3, -0.25) is 0 Å². The number of rotatable bonds is 0. The van der Waals surface area contributed by atoms with E-state index in [-0.39, 0.29) is 58.4 Å². The topological polar surface area (TPSA) is 220 Å². The average molecular weight is 224 g/mol. The van der Waals surface area contributed by atoms with Crippen LogP contribution in [0.3, 0.4) is 0 Å². The monoisotopic (exact) mass is 223 g/mol. The van der Waals surface area contributed by atoms with Crippen molar-refractivity contribution in [3.05, 3.63) is 0 Å². The molecule has 0 aliphatic heterocycles. The van der Waals surface area contributed by atoms with Crippen molar-refractivity contribution in [2.75, 3.05) is 0 Å². The van der Waals surface area contributed by atoms with Crippen molar-refractivity contribution in [1.29, 1.82) is 0 Å². The van der Waals surface area contributed by atoms with Gasteiger partial charge in [0.25, 0.3) is 0 Å². The molecule has 0 aliphatic rings. The zero-order chi connectivity index (χ0) is 0. The molecule has 8 heavy (non-hydrogen) atoms. The van der Waals surface area contributed by atoms with Gasteiger partial charge in [-0.25, -0.2) is 0 Å². The minimum Gasteiger partial charge on any atom is -0.412 e. The van der Waals surface area contributed by atoms with E-state index in [0.717, 1.165) is 0 Å². The summed E-state index contributed by atoms with van der Waals surface area (Å²) in [4.78, 5) is 0. The number of hydrogen-bond acceptors (Lipinski definition) is 0. The fraction of sp³-hybridized carbons (Fsp3) is 0. The minimum atomic E-state index is 0.